The third-order valence-electron chi connectivity index (χ3n) is 5.80. The highest BCUT2D eigenvalue weighted by molar-refractivity contribution is 5.94. The number of carbonyl (C=O) groups excluding carboxylic acids is 2. The van der Waals surface area contributed by atoms with Gasteiger partial charge >= 0.3 is 5.97 Å². The fraction of sp³-hybridized carbons (Fsp3) is 0.652. The van der Waals surface area contributed by atoms with Gasteiger partial charge in [-0.2, -0.15) is 0 Å². The number of carbonyl (C=O) groups is 2. The number of rotatable bonds is 5. The Morgan fingerprint density at radius 3 is 2.26 bits per heavy atom. The molecule has 0 bridgehead atoms. The lowest BCUT2D eigenvalue weighted by Crippen LogP contribution is -2.48. The number of ether oxygens (including phenoxy) is 1. The molecule has 0 N–H and O–H groups in total. The lowest BCUT2D eigenvalue weighted by atomic mass is 9.84. The van der Waals surface area contributed by atoms with Gasteiger partial charge < -0.3 is 9.64 Å². The van der Waals surface area contributed by atoms with Crippen molar-refractivity contribution in [2.24, 2.45) is 11.8 Å². The number of hydrogen-bond acceptors (Lipinski definition) is 3. The second-order valence-electron chi connectivity index (χ2n) is 9.04. The molecule has 1 aromatic rings. The summed E-state index contributed by atoms with van der Waals surface area (Å²) in [5, 5.41) is 0. The Morgan fingerprint density at radius 1 is 1.15 bits per heavy atom. The maximum atomic E-state index is 13.4. The Labute approximate surface area is 164 Å². The first-order valence-electron chi connectivity index (χ1n) is 10.1. The van der Waals surface area contributed by atoms with Crippen LogP contribution in [0.2, 0.25) is 0 Å². The van der Waals surface area contributed by atoms with Crippen molar-refractivity contribution >= 4 is 11.9 Å². The first-order chi connectivity index (χ1) is 12.6. The van der Waals surface area contributed by atoms with E-state index in [4.69, 9.17) is 4.74 Å². The minimum atomic E-state index is -0.332. The molecule has 3 atom stereocenters. The van der Waals surface area contributed by atoms with Gasteiger partial charge in [-0.3, -0.25) is 9.59 Å². The van der Waals surface area contributed by atoms with E-state index in [9.17, 15) is 9.59 Å². The van der Waals surface area contributed by atoms with E-state index in [1.165, 1.54) is 19.1 Å². The highest BCUT2D eigenvalue weighted by Gasteiger charge is 2.33. The minimum absolute atomic E-state index is 0.0185. The van der Waals surface area contributed by atoms with Crippen LogP contribution in [0.5, 0.6) is 0 Å². The Balaban J connectivity index is 2.28. The summed E-state index contributed by atoms with van der Waals surface area (Å²) in [5.41, 5.74) is 1.95. The van der Waals surface area contributed by atoms with Crippen LogP contribution in [0.25, 0.3) is 0 Å². The third-order valence-corrected chi connectivity index (χ3v) is 5.80. The highest BCUT2D eigenvalue weighted by Crippen LogP contribution is 2.30. The van der Waals surface area contributed by atoms with Gasteiger partial charge in [0.2, 0.25) is 0 Å². The van der Waals surface area contributed by atoms with E-state index in [1.54, 1.807) is 0 Å². The minimum Gasteiger partial charge on any atom is -0.469 e. The summed E-state index contributed by atoms with van der Waals surface area (Å²) in [7, 11) is 1.40. The monoisotopic (exact) mass is 373 g/mol. The summed E-state index contributed by atoms with van der Waals surface area (Å²) in [6, 6.07) is 8.11. The summed E-state index contributed by atoms with van der Waals surface area (Å²) in [5.74, 6) is -0.132. The van der Waals surface area contributed by atoms with Crippen LogP contribution in [0.15, 0.2) is 24.3 Å². The van der Waals surface area contributed by atoms with Crippen LogP contribution in [-0.4, -0.2) is 36.5 Å². The highest BCUT2D eigenvalue weighted by atomic mass is 16.5. The van der Waals surface area contributed by atoms with Crippen LogP contribution in [0.3, 0.4) is 0 Å². The molecule has 0 heterocycles. The zero-order valence-corrected chi connectivity index (χ0v) is 17.7. The average molecular weight is 374 g/mol. The maximum absolute atomic E-state index is 13.4. The van der Waals surface area contributed by atoms with Crippen molar-refractivity contribution in [1.29, 1.82) is 0 Å². The summed E-state index contributed by atoms with van der Waals surface area (Å²) in [4.78, 5) is 27.3. The van der Waals surface area contributed by atoms with Gasteiger partial charge in [-0.25, -0.2) is 0 Å². The summed E-state index contributed by atoms with van der Waals surface area (Å²) in [6.45, 7) is 11.0. The van der Waals surface area contributed by atoms with E-state index in [0.717, 1.165) is 19.3 Å². The van der Waals surface area contributed by atoms with Crippen LogP contribution in [0.4, 0.5) is 0 Å². The third kappa shape index (κ3) is 5.33. The van der Waals surface area contributed by atoms with Crippen LogP contribution in [0.1, 0.15) is 76.2 Å². The quantitative estimate of drug-likeness (QED) is 0.696. The standard InChI is InChI=1S/C23H35NO3/c1-16-9-7-8-10-20(16)24(15-17(2)22(26)27-6)21(25)18-11-13-19(14-12-18)23(3,4)5/h11-14,16-17,20H,7-10,15H2,1-6H3. The number of amides is 1. The van der Waals surface area contributed by atoms with Crippen molar-refractivity contribution in [2.45, 2.75) is 71.8 Å². The Morgan fingerprint density at radius 2 is 1.74 bits per heavy atom. The fourth-order valence-corrected chi connectivity index (χ4v) is 3.98. The molecule has 4 nitrogen and oxygen atoms in total. The number of hydrogen-bond donors (Lipinski definition) is 0. The summed E-state index contributed by atoms with van der Waals surface area (Å²) in [6.07, 6.45) is 4.48. The average Bonchev–Trinajstić information content (AvgIpc) is 2.64. The van der Waals surface area contributed by atoms with Crippen LogP contribution >= 0.6 is 0 Å². The first kappa shape index (κ1) is 21.5. The van der Waals surface area contributed by atoms with E-state index in [-0.39, 0.29) is 29.3 Å². The molecule has 1 fully saturated rings. The smallest absolute Gasteiger partial charge is 0.310 e. The largest absolute Gasteiger partial charge is 0.469 e. The van der Waals surface area contributed by atoms with E-state index in [2.05, 4.69) is 27.7 Å². The number of nitrogens with zero attached hydrogens (tertiary/aromatic N) is 1. The molecule has 1 aliphatic carbocycles. The van der Waals surface area contributed by atoms with Gasteiger partial charge in [-0.1, -0.05) is 59.6 Å². The predicted octanol–water partition coefficient (Wildman–Crippen LogP) is 4.81. The van der Waals surface area contributed by atoms with Crippen LogP contribution < -0.4 is 0 Å². The molecule has 0 aliphatic heterocycles. The second kappa shape index (κ2) is 8.90. The van der Waals surface area contributed by atoms with Crippen molar-refractivity contribution < 1.29 is 14.3 Å². The van der Waals surface area contributed by atoms with Crippen molar-refractivity contribution in [3.05, 3.63) is 35.4 Å². The molecule has 1 aromatic carbocycles. The molecular weight excluding hydrogens is 338 g/mol. The molecule has 1 amide bonds. The lowest BCUT2D eigenvalue weighted by molar-refractivity contribution is -0.145. The van der Waals surface area contributed by atoms with Gasteiger partial charge in [0.15, 0.2) is 0 Å². The molecule has 1 saturated carbocycles. The number of benzene rings is 1. The Bertz CT molecular complexity index is 645. The Hall–Kier alpha value is -1.84. The van der Waals surface area contributed by atoms with Crippen molar-refractivity contribution in [3.63, 3.8) is 0 Å². The van der Waals surface area contributed by atoms with Gasteiger partial charge in [0, 0.05) is 18.2 Å². The molecular formula is C23H35NO3. The molecule has 1 aliphatic rings. The van der Waals surface area contributed by atoms with E-state index < -0.39 is 0 Å². The van der Waals surface area contributed by atoms with Crippen molar-refractivity contribution in [2.75, 3.05) is 13.7 Å². The molecule has 0 saturated heterocycles. The van der Waals surface area contributed by atoms with Gasteiger partial charge in [0.1, 0.15) is 0 Å². The summed E-state index contributed by atoms with van der Waals surface area (Å²) < 4.78 is 4.89. The van der Waals surface area contributed by atoms with Gasteiger partial charge in [0.25, 0.3) is 5.91 Å². The molecule has 0 radical (unpaired) electrons. The van der Waals surface area contributed by atoms with Gasteiger partial charge in [-0.15, -0.1) is 0 Å². The Kier molecular flexibility index (Phi) is 7.07. The summed E-state index contributed by atoms with van der Waals surface area (Å²) >= 11 is 0. The van der Waals surface area contributed by atoms with E-state index in [0.29, 0.717) is 18.0 Å². The maximum Gasteiger partial charge on any atom is 0.310 e. The predicted molar refractivity (Wildman–Crippen MR) is 109 cm³/mol. The molecule has 2 rings (SSSR count). The van der Waals surface area contributed by atoms with Gasteiger partial charge in [-0.05, 0) is 41.9 Å². The normalized spacial score (nSPS) is 21.4. The first-order valence-corrected chi connectivity index (χ1v) is 10.1. The zero-order chi connectivity index (χ0) is 20.2. The van der Waals surface area contributed by atoms with Crippen LogP contribution in [-0.2, 0) is 14.9 Å². The molecule has 0 aromatic heterocycles. The molecule has 3 unspecified atom stereocenters. The topological polar surface area (TPSA) is 46.6 Å². The molecule has 27 heavy (non-hydrogen) atoms. The van der Waals surface area contributed by atoms with E-state index in [1.807, 2.05) is 36.1 Å². The zero-order valence-electron chi connectivity index (χ0n) is 17.7. The number of esters is 1. The molecule has 4 heteroatoms. The van der Waals surface area contributed by atoms with E-state index >= 15 is 0 Å². The van der Waals surface area contributed by atoms with Crippen molar-refractivity contribution in [1.82, 2.24) is 4.90 Å². The fourth-order valence-electron chi connectivity index (χ4n) is 3.98. The lowest BCUT2D eigenvalue weighted by Gasteiger charge is -2.39. The SMILES string of the molecule is COC(=O)C(C)CN(C(=O)c1ccc(C(C)(C)C)cc1)C1CCCCC1C. The molecule has 0 spiro atoms. The second-order valence-corrected chi connectivity index (χ2v) is 9.04. The van der Waals surface area contributed by atoms with Gasteiger partial charge in [0.05, 0.1) is 13.0 Å². The molecule has 150 valence electrons. The van der Waals surface area contributed by atoms with Crippen molar-refractivity contribution in [3.8, 4) is 0 Å². The number of methoxy groups -OCH3 is 1. The van der Waals surface area contributed by atoms with Crippen LogP contribution in [0, 0.1) is 11.8 Å².